The van der Waals surface area contributed by atoms with Crippen LogP contribution in [0.2, 0.25) is 0 Å². The Hall–Kier alpha value is -4.03. The van der Waals surface area contributed by atoms with Crippen molar-refractivity contribution in [3.63, 3.8) is 0 Å². The van der Waals surface area contributed by atoms with Crippen LogP contribution in [0, 0.1) is 0 Å². The number of carbonyl (C=O) groups is 2. The molecule has 0 bridgehead atoms. The van der Waals surface area contributed by atoms with E-state index in [0.717, 1.165) is 8.28 Å². The summed E-state index contributed by atoms with van der Waals surface area (Å²) in [5.41, 5.74) is 1.02. The third-order valence-electron chi connectivity index (χ3n) is 6.17. The quantitative estimate of drug-likeness (QED) is 0.360. The van der Waals surface area contributed by atoms with E-state index >= 15 is 0 Å². The topological polar surface area (TPSA) is 119 Å². The average molecular weight is 559 g/mol. The van der Waals surface area contributed by atoms with E-state index in [2.05, 4.69) is 5.32 Å². The van der Waals surface area contributed by atoms with E-state index < -0.39 is 22.0 Å². The molecule has 210 valence electrons. The Morgan fingerprint density at radius 2 is 1.56 bits per heavy atom. The monoisotopic (exact) mass is 558 g/mol. The number of ether oxygens (including phenoxy) is 3. The lowest BCUT2D eigenvalue weighted by Crippen LogP contribution is -2.38. The van der Waals surface area contributed by atoms with E-state index in [4.69, 9.17) is 14.2 Å². The van der Waals surface area contributed by atoms with E-state index in [-0.39, 0.29) is 22.8 Å². The molecule has 0 saturated heterocycles. The largest absolute Gasteiger partial charge is 0.493 e. The number of amides is 2. The van der Waals surface area contributed by atoms with Gasteiger partial charge >= 0.3 is 10.2 Å². The third-order valence-corrected chi connectivity index (χ3v) is 7.90. The molecule has 0 radical (unpaired) electrons. The van der Waals surface area contributed by atoms with Crippen LogP contribution < -0.4 is 19.5 Å². The Bertz CT molecular complexity index is 1480. The fourth-order valence-electron chi connectivity index (χ4n) is 4.05. The van der Waals surface area contributed by atoms with Crippen LogP contribution in [-0.2, 0) is 15.0 Å². The molecule has 0 aliphatic heterocycles. The van der Waals surface area contributed by atoms with Gasteiger partial charge in [-0.15, -0.1) is 0 Å². The van der Waals surface area contributed by atoms with Gasteiger partial charge in [-0.1, -0.05) is 18.2 Å². The highest BCUT2D eigenvalue weighted by Crippen LogP contribution is 2.38. The van der Waals surface area contributed by atoms with Gasteiger partial charge in [0.05, 0.1) is 26.8 Å². The van der Waals surface area contributed by atoms with Gasteiger partial charge in [-0.05, 0) is 38.1 Å². The van der Waals surface area contributed by atoms with E-state index in [9.17, 15) is 18.0 Å². The molecule has 1 aromatic heterocycles. The van der Waals surface area contributed by atoms with Crippen LogP contribution in [-0.4, -0.2) is 81.9 Å². The van der Waals surface area contributed by atoms with Gasteiger partial charge in [0.25, 0.3) is 11.8 Å². The summed E-state index contributed by atoms with van der Waals surface area (Å²) in [6.45, 7) is 4.47. The molecule has 0 unspecified atom stereocenters. The number of aromatic nitrogens is 1. The van der Waals surface area contributed by atoms with Crippen LogP contribution >= 0.6 is 0 Å². The molecule has 0 atom stereocenters. The Labute approximate surface area is 228 Å². The predicted molar refractivity (Wildman–Crippen MR) is 149 cm³/mol. The fourth-order valence-corrected chi connectivity index (χ4v) is 5.06. The van der Waals surface area contributed by atoms with Crippen molar-refractivity contribution in [3.8, 4) is 17.2 Å². The minimum absolute atomic E-state index is 0.0254. The number of nitrogens with one attached hydrogen (secondary N) is 1. The molecule has 12 heteroatoms. The first kappa shape index (κ1) is 29.5. The SMILES string of the molecule is CCN(CC)C(=O)/C(=C/c1cn(S(=O)(=O)N(C)C)c2ccccc12)NC(=O)c1cc(OC)c(OC)c(OC)c1. The molecule has 3 rings (SSSR count). The van der Waals surface area contributed by atoms with Gasteiger partial charge < -0.3 is 24.4 Å². The minimum Gasteiger partial charge on any atom is -0.493 e. The van der Waals surface area contributed by atoms with Crippen LogP contribution in [0.25, 0.3) is 17.0 Å². The Morgan fingerprint density at radius 3 is 2.08 bits per heavy atom. The predicted octanol–water partition coefficient (Wildman–Crippen LogP) is 2.96. The first-order valence-electron chi connectivity index (χ1n) is 12.2. The van der Waals surface area contributed by atoms with Gasteiger partial charge in [0.15, 0.2) is 11.5 Å². The van der Waals surface area contributed by atoms with Crippen molar-refractivity contribution < 1.29 is 32.2 Å². The maximum absolute atomic E-state index is 13.5. The van der Waals surface area contributed by atoms with Crippen LogP contribution in [0.1, 0.15) is 29.8 Å². The van der Waals surface area contributed by atoms with Gasteiger partial charge in [0.2, 0.25) is 5.75 Å². The Balaban J connectivity index is 2.18. The summed E-state index contributed by atoms with van der Waals surface area (Å²) >= 11 is 0. The van der Waals surface area contributed by atoms with E-state index in [1.165, 1.54) is 59.8 Å². The van der Waals surface area contributed by atoms with Crippen LogP contribution in [0.15, 0.2) is 48.3 Å². The number of carbonyl (C=O) groups excluding carboxylic acids is 2. The molecule has 0 aliphatic carbocycles. The highest BCUT2D eigenvalue weighted by Gasteiger charge is 2.24. The first-order chi connectivity index (χ1) is 18.5. The lowest BCUT2D eigenvalue weighted by atomic mass is 10.1. The fraction of sp³-hybridized carbons (Fsp3) is 0.333. The number of likely N-dealkylation sites (N-methyl/N-ethyl adjacent to an activating group) is 1. The standard InChI is InChI=1S/C27H34N4O7S/c1-8-30(9-2)27(33)21(28-26(32)18-15-23(36-5)25(38-7)24(16-18)37-6)14-19-17-31(39(34,35)29(3)4)22-13-11-10-12-20(19)22/h10-17H,8-9H2,1-7H3,(H,28,32)/b21-14-. The number of hydrogen-bond acceptors (Lipinski definition) is 7. The molecule has 1 N–H and O–H groups in total. The molecular weight excluding hydrogens is 524 g/mol. The van der Waals surface area contributed by atoms with E-state index in [1.807, 2.05) is 13.8 Å². The Morgan fingerprint density at radius 1 is 0.974 bits per heavy atom. The maximum Gasteiger partial charge on any atom is 0.307 e. The van der Waals surface area contributed by atoms with Crippen molar-refractivity contribution in [1.82, 2.24) is 18.5 Å². The lowest BCUT2D eigenvalue weighted by Gasteiger charge is -2.21. The third kappa shape index (κ3) is 5.86. The van der Waals surface area contributed by atoms with Gasteiger partial charge in [0.1, 0.15) is 5.70 Å². The number of para-hydroxylation sites is 1. The zero-order valence-electron chi connectivity index (χ0n) is 23.1. The minimum atomic E-state index is -3.85. The normalized spacial score (nSPS) is 11.9. The molecule has 0 spiro atoms. The average Bonchev–Trinajstić information content (AvgIpc) is 3.31. The number of methoxy groups -OCH3 is 3. The highest BCUT2D eigenvalue weighted by atomic mass is 32.2. The van der Waals surface area contributed by atoms with E-state index in [1.54, 1.807) is 29.2 Å². The molecule has 0 fully saturated rings. The molecular formula is C27H34N4O7S. The Kier molecular flexibility index (Phi) is 9.25. The molecule has 1 heterocycles. The van der Waals surface area contributed by atoms with Gasteiger partial charge in [-0.2, -0.15) is 12.7 Å². The number of fused-ring (bicyclic) bond motifs is 1. The van der Waals surface area contributed by atoms with Crippen molar-refractivity contribution in [2.45, 2.75) is 13.8 Å². The molecule has 0 saturated carbocycles. The molecule has 2 aromatic carbocycles. The van der Waals surface area contributed by atoms with Crippen molar-refractivity contribution in [1.29, 1.82) is 0 Å². The summed E-state index contributed by atoms with van der Waals surface area (Å²) in [7, 11) is 3.35. The smallest absolute Gasteiger partial charge is 0.307 e. The van der Waals surface area contributed by atoms with Crippen LogP contribution in [0.3, 0.4) is 0 Å². The van der Waals surface area contributed by atoms with E-state index in [0.29, 0.717) is 35.3 Å². The number of nitrogens with zero attached hydrogens (tertiary/aromatic N) is 3. The summed E-state index contributed by atoms with van der Waals surface area (Å²) in [5.74, 6) is -0.140. The molecule has 39 heavy (non-hydrogen) atoms. The second-order valence-electron chi connectivity index (χ2n) is 8.59. The van der Waals surface area contributed by atoms with Crippen LogP contribution in [0.5, 0.6) is 17.2 Å². The molecule has 2 amide bonds. The van der Waals surface area contributed by atoms with Crippen molar-refractivity contribution in [3.05, 3.63) is 59.4 Å². The van der Waals surface area contributed by atoms with Crippen molar-refractivity contribution >= 4 is 39.0 Å². The molecule has 11 nitrogen and oxygen atoms in total. The number of rotatable bonds is 11. The second kappa shape index (κ2) is 12.2. The number of benzene rings is 2. The highest BCUT2D eigenvalue weighted by molar-refractivity contribution is 7.87. The zero-order valence-corrected chi connectivity index (χ0v) is 24.0. The summed E-state index contributed by atoms with van der Waals surface area (Å²) in [5, 5.41) is 3.31. The summed E-state index contributed by atoms with van der Waals surface area (Å²) in [6.07, 6.45) is 2.92. The maximum atomic E-state index is 13.5. The summed E-state index contributed by atoms with van der Waals surface area (Å²) < 4.78 is 44.3. The number of hydrogen-bond donors (Lipinski definition) is 1. The summed E-state index contributed by atoms with van der Waals surface area (Å²) in [6, 6.07) is 9.88. The van der Waals surface area contributed by atoms with Crippen molar-refractivity contribution in [2.75, 3.05) is 48.5 Å². The second-order valence-corrected chi connectivity index (χ2v) is 10.6. The molecule has 3 aromatic rings. The first-order valence-corrected chi connectivity index (χ1v) is 13.6. The van der Waals surface area contributed by atoms with Gasteiger partial charge in [-0.3, -0.25) is 9.59 Å². The van der Waals surface area contributed by atoms with Crippen LogP contribution in [0.4, 0.5) is 0 Å². The summed E-state index contributed by atoms with van der Waals surface area (Å²) in [4.78, 5) is 28.5. The van der Waals surface area contributed by atoms with Gasteiger partial charge in [-0.25, -0.2) is 3.97 Å². The molecule has 0 aliphatic rings. The van der Waals surface area contributed by atoms with Crippen molar-refractivity contribution in [2.24, 2.45) is 0 Å². The van der Waals surface area contributed by atoms with Gasteiger partial charge in [0, 0.05) is 49.9 Å². The lowest BCUT2D eigenvalue weighted by molar-refractivity contribution is -0.127. The zero-order chi connectivity index (χ0) is 28.9.